The predicted molar refractivity (Wildman–Crippen MR) is 66.9 cm³/mol. The maximum Gasteiger partial charge on any atom is 0.0543 e. The molecule has 3 heteroatoms. The summed E-state index contributed by atoms with van der Waals surface area (Å²) in [4.78, 5) is 2.61. The van der Waals surface area contributed by atoms with Crippen LogP contribution < -0.4 is 0 Å². The van der Waals surface area contributed by atoms with Crippen molar-refractivity contribution < 1.29 is 9.84 Å². The van der Waals surface area contributed by atoms with E-state index in [1.807, 2.05) is 0 Å². The number of nitrogens with zero attached hydrogens (tertiary/aromatic N) is 1. The number of aliphatic hydroxyl groups is 1. The number of ether oxygens (including phenoxy) is 1. The zero-order chi connectivity index (χ0) is 11.7. The largest absolute Gasteiger partial charge is 0.393 e. The van der Waals surface area contributed by atoms with E-state index in [2.05, 4.69) is 4.90 Å². The van der Waals surface area contributed by atoms with E-state index in [0.29, 0.717) is 5.41 Å². The molecule has 2 aliphatic heterocycles. The topological polar surface area (TPSA) is 32.7 Å². The van der Waals surface area contributed by atoms with Gasteiger partial charge < -0.3 is 14.7 Å². The van der Waals surface area contributed by atoms with Gasteiger partial charge in [0.1, 0.15) is 0 Å². The fourth-order valence-corrected chi connectivity index (χ4v) is 3.95. The molecule has 0 radical (unpaired) electrons. The highest BCUT2D eigenvalue weighted by molar-refractivity contribution is 4.96. The molecule has 1 saturated carbocycles. The molecule has 2 saturated heterocycles. The average Bonchev–Trinajstić information content (AvgIpc) is 2.28. The zero-order valence-electron chi connectivity index (χ0n) is 10.7. The van der Waals surface area contributed by atoms with Crippen LogP contribution in [0.4, 0.5) is 0 Å². The quantitative estimate of drug-likeness (QED) is 0.795. The molecule has 98 valence electrons. The first-order valence-electron chi connectivity index (χ1n) is 7.24. The first-order valence-corrected chi connectivity index (χ1v) is 7.24. The molecule has 0 aromatic carbocycles. The van der Waals surface area contributed by atoms with Crippen LogP contribution in [0.1, 0.15) is 38.5 Å². The van der Waals surface area contributed by atoms with Crippen molar-refractivity contribution in [3.63, 3.8) is 0 Å². The van der Waals surface area contributed by atoms with Gasteiger partial charge in [0.2, 0.25) is 0 Å². The van der Waals surface area contributed by atoms with E-state index < -0.39 is 0 Å². The standard InChI is InChI=1S/C14H25NO2/c16-13-3-1-2-12(8-13)9-15-10-14(11-15)4-6-17-7-5-14/h12-13,16H,1-11H2. The maximum absolute atomic E-state index is 9.69. The van der Waals surface area contributed by atoms with Crippen LogP contribution in [-0.2, 0) is 4.74 Å². The Morgan fingerprint density at radius 3 is 2.65 bits per heavy atom. The van der Waals surface area contributed by atoms with Gasteiger partial charge in [-0.25, -0.2) is 0 Å². The lowest BCUT2D eigenvalue weighted by Gasteiger charge is -2.53. The first-order chi connectivity index (χ1) is 8.26. The molecule has 3 fully saturated rings. The molecule has 2 unspecified atom stereocenters. The van der Waals surface area contributed by atoms with Gasteiger partial charge in [0.15, 0.2) is 0 Å². The Bertz CT molecular complexity index is 255. The predicted octanol–water partition coefficient (Wildman–Crippen LogP) is 1.65. The summed E-state index contributed by atoms with van der Waals surface area (Å²) in [6.07, 6.45) is 7.10. The summed E-state index contributed by atoms with van der Waals surface area (Å²) >= 11 is 0. The van der Waals surface area contributed by atoms with Crippen molar-refractivity contribution in [3.05, 3.63) is 0 Å². The van der Waals surface area contributed by atoms with Crippen LogP contribution in [-0.4, -0.2) is 49.0 Å². The van der Waals surface area contributed by atoms with Crippen molar-refractivity contribution in [1.82, 2.24) is 4.90 Å². The number of likely N-dealkylation sites (tertiary alicyclic amines) is 1. The van der Waals surface area contributed by atoms with Gasteiger partial charge in [0.05, 0.1) is 6.10 Å². The zero-order valence-corrected chi connectivity index (χ0v) is 10.7. The van der Waals surface area contributed by atoms with Crippen LogP contribution in [0.3, 0.4) is 0 Å². The maximum atomic E-state index is 9.69. The van der Waals surface area contributed by atoms with Crippen LogP contribution in [0, 0.1) is 11.3 Å². The van der Waals surface area contributed by atoms with Gasteiger partial charge in [-0.2, -0.15) is 0 Å². The van der Waals surface area contributed by atoms with Crippen LogP contribution in [0.25, 0.3) is 0 Å². The lowest BCUT2D eigenvalue weighted by Crippen LogP contribution is -2.59. The third-order valence-electron chi connectivity index (χ3n) is 4.94. The first kappa shape index (κ1) is 11.9. The van der Waals surface area contributed by atoms with Crippen LogP contribution in [0.2, 0.25) is 0 Å². The SMILES string of the molecule is OC1CCCC(CN2CC3(CCOCC3)C2)C1. The van der Waals surface area contributed by atoms with Crippen LogP contribution >= 0.6 is 0 Å². The minimum absolute atomic E-state index is 0.0212. The molecule has 3 rings (SSSR count). The Morgan fingerprint density at radius 2 is 1.94 bits per heavy atom. The summed E-state index contributed by atoms with van der Waals surface area (Å²) in [5.41, 5.74) is 0.603. The molecular weight excluding hydrogens is 214 g/mol. The molecule has 2 heterocycles. The van der Waals surface area contributed by atoms with Crippen molar-refractivity contribution >= 4 is 0 Å². The van der Waals surface area contributed by atoms with E-state index >= 15 is 0 Å². The lowest BCUT2D eigenvalue weighted by molar-refractivity contribution is -0.0882. The smallest absolute Gasteiger partial charge is 0.0543 e. The van der Waals surface area contributed by atoms with Crippen molar-refractivity contribution in [2.24, 2.45) is 11.3 Å². The summed E-state index contributed by atoms with van der Waals surface area (Å²) in [6, 6.07) is 0. The van der Waals surface area contributed by atoms with Crippen LogP contribution in [0.5, 0.6) is 0 Å². The molecule has 17 heavy (non-hydrogen) atoms. The van der Waals surface area contributed by atoms with Crippen molar-refractivity contribution in [2.45, 2.75) is 44.6 Å². The Balaban J connectivity index is 1.43. The number of aliphatic hydroxyl groups excluding tert-OH is 1. The van der Waals surface area contributed by atoms with Crippen molar-refractivity contribution in [2.75, 3.05) is 32.8 Å². The van der Waals surface area contributed by atoms with Gasteiger partial charge in [-0.05, 0) is 38.0 Å². The van der Waals surface area contributed by atoms with Gasteiger partial charge in [0, 0.05) is 38.3 Å². The normalized spacial score (nSPS) is 37.9. The number of hydrogen-bond acceptors (Lipinski definition) is 3. The molecule has 0 aromatic rings. The molecule has 3 nitrogen and oxygen atoms in total. The molecule has 0 aromatic heterocycles. The minimum atomic E-state index is -0.0212. The lowest BCUT2D eigenvalue weighted by atomic mass is 9.72. The van der Waals surface area contributed by atoms with E-state index in [9.17, 15) is 5.11 Å². The average molecular weight is 239 g/mol. The second-order valence-electron chi connectivity index (χ2n) is 6.47. The van der Waals surface area contributed by atoms with E-state index in [4.69, 9.17) is 4.74 Å². The van der Waals surface area contributed by atoms with Crippen molar-refractivity contribution in [1.29, 1.82) is 0 Å². The molecule has 2 atom stereocenters. The van der Waals surface area contributed by atoms with E-state index in [1.54, 1.807) is 0 Å². The third kappa shape index (κ3) is 2.67. The highest BCUT2D eigenvalue weighted by Crippen LogP contribution is 2.40. The highest BCUT2D eigenvalue weighted by atomic mass is 16.5. The van der Waals surface area contributed by atoms with Gasteiger partial charge in [-0.15, -0.1) is 0 Å². The Hall–Kier alpha value is -0.120. The van der Waals surface area contributed by atoms with Gasteiger partial charge in [0.25, 0.3) is 0 Å². The molecule has 1 spiro atoms. The van der Waals surface area contributed by atoms with Crippen molar-refractivity contribution in [3.8, 4) is 0 Å². The van der Waals surface area contributed by atoms with Gasteiger partial charge >= 0.3 is 0 Å². The molecule has 0 amide bonds. The second kappa shape index (κ2) is 4.87. The molecule has 0 bridgehead atoms. The van der Waals surface area contributed by atoms with Crippen LogP contribution in [0.15, 0.2) is 0 Å². The molecule has 1 N–H and O–H groups in total. The fraction of sp³-hybridized carbons (Fsp3) is 1.00. The molecular formula is C14H25NO2. The summed E-state index contributed by atoms with van der Waals surface area (Å²) in [5.74, 6) is 0.746. The van der Waals surface area contributed by atoms with E-state index in [1.165, 1.54) is 45.3 Å². The Labute approximate surface area is 104 Å². The van der Waals surface area contributed by atoms with E-state index in [-0.39, 0.29) is 6.10 Å². The number of rotatable bonds is 2. The van der Waals surface area contributed by atoms with Gasteiger partial charge in [-0.3, -0.25) is 0 Å². The number of hydrogen-bond donors (Lipinski definition) is 1. The monoisotopic (exact) mass is 239 g/mol. The summed E-state index contributed by atoms with van der Waals surface area (Å²) in [6.45, 7) is 5.72. The van der Waals surface area contributed by atoms with E-state index in [0.717, 1.165) is 32.0 Å². The fourth-order valence-electron chi connectivity index (χ4n) is 3.95. The molecule has 3 aliphatic rings. The Morgan fingerprint density at radius 1 is 1.18 bits per heavy atom. The summed E-state index contributed by atoms with van der Waals surface area (Å²) in [5, 5.41) is 9.69. The summed E-state index contributed by atoms with van der Waals surface area (Å²) < 4.78 is 5.45. The third-order valence-corrected chi connectivity index (χ3v) is 4.94. The van der Waals surface area contributed by atoms with Gasteiger partial charge in [-0.1, -0.05) is 6.42 Å². The Kier molecular flexibility index (Phi) is 3.42. The minimum Gasteiger partial charge on any atom is -0.393 e. The highest BCUT2D eigenvalue weighted by Gasteiger charge is 2.44. The molecule has 1 aliphatic carbocycles. The summed E-state index contributed by atoms with van der Waals surface area (Å²) in [7, 11) is 0. The second-order valence-corrected chi connectivity index (χ2v) is 6.47.